The van der Waals surface area contributed by atoms with Gasteiger partial charge in [0, 0.05) is 40.8 Å². The van der Waals surface area contributed by atoms with Gasteiger partial charge in [0.1, 0.15) is 10.9 Å². The minimum Gasteiger partial charge on any atom is -0.360 e. The smallest absolute Gasteiger partial charge is 0.272 e. The molecule has 3 aromatic rings. The van der Waals surface area contributed by atoms with E-state index in [1.165, 1.54) is 18.5 Å². The number of hydrogen-bond acceptors (Lipinski definition) is 3. The number of H-pyrrole nitrogens is 1. The topological polar surface area (TPSA) is 79.8 Å². The molecular weight excluding hydrogens is 362 g/mol. The Morgan fingerprint density at radius 3 is 2.83 bits per heavy atom. The molecule has 4 rings (SSSR count). The number of alkyl halides is 2. The average molecular weight is 373 g/mol. The Morgan fingerprint density at radius 2 is 2.12 bits per heavy atom. The number of halogens is 3. The molecule has 1 aromatic carbocycles. The minimum absolute atomic E-state index is 0.0130. The van der Waals surface area contributed by atoms with Gasteiger partial charge in [0.2, 0.25) is 0 Å². The van der Waals surface area contributed by atoms with Crippen LogP contribution in [0, 0.1) is 0 Å². The first-order valence-corrected chi connectivity index (χ1v) is 8.85. The van der Waals surface area contributed by atoms with Gasteiger partial charge in [0.25, 0.3) is 15.9 Å². The molecule has 0 bridgehead atoms. The number of aromatic amines is 1. The lowest BCUT2D eigenvalue weighted by molar-refractivity contribution is 0.0984. The fourth-order valence-electron chi connectivity index (χ4n) is 2.54. The maximum absolute atomic E-state index is 13.0. The Morgan fingerprint density at radius 1 is 1.38 bits per heavy atom. The van der Waals surface area contributed by atoms with Crippen molar-refractivity contribution in [1.82, 2.24) is 14.8 Å². The molecule has 0 spiro atoms. The first kappa shape index (κ1) is 15.4. The van der Waals surface area contributed by atoms with Gasteiger partial charge in [-0.3, -0.25) is 9.40 Å². The van der Waals surface area contributed by atoms with E-state index in [0.717, 1.165) is 4.68 Å². The number of aromatic nitrogens is 3. The first-order valence-electron chi connectivity index (χ1n) is 6.99. The van der Waals surface area contributed by atoms with Gasteiger partial charge in [-0.1, -0.05) is 11.6 Å². The van der Waals surface area contributed by atoms with Crippen molar-refractivity contribution < 1.29 is 17.2 Å². The maximum Gasteiger partial charge on any atom is 0.272 e. The molecule has 0 amide bonds. The van der Waals surface area contributed by atoms with Crippen LogP contribution in [0.5, 0.6) is 0 Å². The molecule has 2 N–H and O–H groups in total. The predicted octanol–water partition coefficient (Wildman–Crippen LogP) is 3.40. The van der Waals surface area contributed by atoms with E-state index in [0.29, 0.717) is 15.9 Å². The van der Waals surface area contributed by atoms with Crippen molar-refractivity contribution in [3.8, 4) is 0 Å². The second-order valence-electron chi connectivity index (χ2n) is 5.61. The Hall–Kier alpha value is -2.13. The molecule has 1 unspecified atom stereocenters. The largest absolute Gasteiger partial charge is 0.360 e. The third-order valence-corrected chi connectivity index (χ3v) is 5.48. The maximum atomic E-state index is 13.0. The summed E-state index contributed by atoms with van der Waals surface area (Å²) in [6.45, 7) is 0. The highest BCUT2D eigenvalue weighted by molar-refractivity contribution is 7.93. The summed E-state index contributed by atoms with van der Waals surface area (Å²) in [6, 6.07) is 5.12. The minimum atomic E-state index is -3.92. The molecule has 2 heterocycles. The lowest BCUT2D eigenvalue weighted by atomic mass is 10.2. The van der Waals surface area contributed by atoms with E-state index in [9.17, 15) is 17.2 Å². The molecule has 0 aliphatic heterocycles. The molecule has 1 atom stereocenters. The standard InChI is InChI=1S/C14H11ClF2N4O2S/c15-8-1-2-9-10(5-8)18-7-11(9)24(22,23)20-13-3-4-21(19-13)12-6-14(12,16)17/h1-5,7,12,18H,6H2,(H,19,20). The average Bonchev–Trinajstić information content (AvgIpc) is 2.89. The zero-order chi connectivity index (χ0) is 17.1. The molecule has 0 saturated heterocycles. The van der Waals surface area contributed by atoms with E-state index in [4.69, 9.17) is 11.6 Å². The summed E-state index contributed by atoms with van der Waals surface area (Å²) in [5.74, 6) is -2.79. The van der Waals surface area contributed by atoms with Crippen molar-refractivity contribution in [2.24, 2.45) is 0 Å². The van der Waals surface area contributed by atoms with Crippen molar-refractivity contribution in [2.75, 3.05) is 4.72 Å². The third kappa shape index (κ3) is 2.53. The molecule has 0 radical (unpaired) electrons. The zero-order valence-corrected chi connectivity index (χ0v) is 13.6. The number of sulfonamides is 1. The highest BCUT2D eigenvalue weighted by Gasteiger charge is 2.59. The van der Waals surface area contributed by atoms with E-state index in [1.54, 1.807) is 18.2 Å². The fourth-order valence-corrected chi connectivity index (χ4v) is 3.89. The summed E-state index contributed by atoms with van der Waals surface area (Å²) in [6.07, 6.45) is 2.39. The molecule has 24 heavy (non-hydrogen) atoms. The number of nitrogens with zero attached hydrogens (tertiary/aromatic N) is 2. The van der Waals surface area contributed by atoms with Crippen LogP contribution in [-0.4, -0.2) is 29.1 Å². The van der Waals surface area contributed by atoms with E-state index < -0.39 is 22.0 Å². The molecule has 1 aliphatic rings. The quantitative estimate of drug-likeness (QED) is 0.736. The van der Waals surface area contributed by atoms with Gasteiger partial charge in [-0.05, 0) is 18.2 Å². The molecule has 126 valence electrons. The van der Waals surface area contributed by atoms with Crippen LogP contribution < -0.4 is 4.72 Å². The Labute approximate surface area is 140 Å². The Balaban J connectivity index is 1.63. The SMILES string of the molecule is O=S(=O)(Nc1ccn(C2CC2(F)F)n1)c1c[nH]c2cc(Cl)ccc12. The molecule has 1 saturated carbocycles. The van der Waals surface area contributed by atoms with Crippen LogP contribution in [0.3, 0.4) is 0 Å². The molecule has 1 fully saturated rings. The van der Waals surface area contributed by atoms with Gasteiger partial charge in [0.15, 0.2) is 5.82 Å². The number of benzene rings is 1. The third-order valence-electron chi connectivity index (χ3n) is 3.85. The molecule has 1 aliphatic carbocycles. The van der Waals surface area contributed by atoms with Crippen molar-refractivity contribution in [3.05, 3.63) is 41.7 Å². The lowest BCUT2D eigenvalue weighted by Crippen LogP contribution is -2.13. The van der Waals surface area contributed by atoms with Crippen molar-refractivity contribution in [2.45, 2.75) is 23.3 Å². The summed E-state index contributed by atoms with van der Waals surface area (Å²) in [5.41, 5.74) is 0.575. The molecule has 6 nitrogen and oxygen atoms in total. The van der Waals surface area contributed by atoms with Gasteiger partial charge in [-0.15, -0.1) is 0 Å². The number of rotatable bonds is 4. The number of anilines is 1. The normalized spacial score (nSPS) is 19.5. The van der Waals surface area contributed by atoms with Gasteiger partial charge < -0.3 is 4.98 Å². The highest BCUT2D eigenvalue weighted by atomic mass is 35.5. The first-order chi connectivity index (χ1) is 11.3. The number of fused-ring (bicyclic) bond motifs is 1. The molecule has 2 aromatic heterocycles. The van der Waals surface area contributed by atoms with E-state index in [1.807, 2.05) is 0 Å². The molecule has 10 heteroatoms. The van der Waals surface area contributed by atoms with Crippen molar-refractivity contribution >= 4 is 38.3 Å². The van der Waals surface area contributed by atoms with Gasteiger partial charge in [-0.25, -0.2) is 17.2 Å². The van der Waals surface area contributed by atoms with Crippen LogP contribution >= 0.6 is 11.6 Å². The van der Waals surface area contributed by atoms with Crippen LogP contribution in [0.2, 0.25) is 5.02 Å². The zero-order valence-electron chi connectivity index (χ0n) is 12.0. The van der Waals surface area contributed by atoms with Crippen LogP contribution in [-0.2, 0) is 10.0 Å². The van der Waals surface area contributed by atoms with E-state index >= 15 is 0 Å². The summed E-state index contributed by atoms with van der Waals surface area (Å²) >= 11 is 5.87. The molecular formula is C14H11ClF2N4O2S. The van der Waals surface area contributed by atoms with Gasteiger partial charge in [-0.2, -0.15) is 5.10 Å². The lowest BCUT2D eigenvalue weighted by Gasteiger charge is -2.04. The monoisotopic (exact) mass is 372 g/mol. The second-order valence-corrected chi connectivity index (χ2v) is 7.70. The van der Waals surface area contributed by atoms with Crippen LogP contribution in [0.25, 0.3) is 10.9 Å². The predicted molar refractivity (Wildman–Crippen MR) is 84.9 cm³/mol. The van der Waals surface area contributed by atoms with Gasteiger partial charge >= 0.3 is 0 Å². The van der Waals surface area contributed by atoms with Gasteiger partial charge in [0.05, 0.1) is 0 Å². The van der Waals surface area contributed by atoms with E-state index in [2.05, 4.69) is 14.8 Å². The Kier molecular flexibility index (Phi) is 3.17. The number of nitrogens with one attached hydrogen (secondary N) is 2. The fraction of sp³-hybridized carbons (Fsp3) is 0.214. The van der Waals surface area contributed by atoms with Crippen molar-refractivity contribution in [3.63, 3.8) is 0 Å². The van der Waals surface area contributed by atoms with Crippen molar-refractivity contribution in [1.29, 1.82) is 0 Å². The van der Waals surface area contributed by atoms with Crippen LogP contribution in [0.15, 0.2) is 41.6 Å². The van der Waals surface area contributed by atoms with Crippen LogP contribution in [0.4, 0.5) is 14.6 Å². The summed E-state index contributed by atoms with van der Waals surface area (Å²) in [5, 5.41) is 4.82. The second kappa shape index (κ2) is 4.93. The summed E-state index contributed by atoms with van der Waals surface area (Å²) < 4.78 is 54.5. The van der Waals surface area contributed by atoms with Crippen LogP contribution in [0.1, 0.15) is 12.5 Å². The summed E-state index contributed by atoms with van der Waals surface area (Å²) in [7, 11) is -3.92. The summed E-state index contributed by atoms with van der Waals surface area (Å²) in [4.78, 5) is 2.86. The highest BCUT2D eigenvalue weighted by Crippen LogP contribution is 2.52. The number of hydrogen-bond donors (Lipinski definition) is 2. The van der Waals surface area contributed by atoms with E-state index in [-0.39, 0.29) is 17.1 Å². The Bertz CT molecular complexity index is 1040.